The number of thiophene rings is 1. The van der Waals surface area contributed by atoms with E-state index in [0.717, 1.165) is 35.1 Å². The first-order valence-corrected chi connectivity index (χ1v) is 10.7. The lowest BCUT2D eigenvalue weighted by Crippen LogP contribution is -2.29. The molecular formula is C22H25N3O3S. The summed E-state index contributed by atoms with van der Waals surface area (Å²) in [5.74, 6) is 0.0905. The summed E-state index contributed by atoms with van der Waals surface area (Å²) in [5.41, 5.74) is 1.98. The molecule has 3 aromatic rings. The molecule has 29 heavy (non-hydrogen) atoms. The van der Waals surface area contributed by atoms with Gasteiger partial charge in [-0.05, 0) is 41.7 Å². The monoisotopic (exact) mass is 411 g/mol. The van der Waals surface area contributed by atoms with Crippen LogP contribution in [0.1, 0.15) is 43.2 Å². The molecule has 7 heteroatoms. The van der Waals surface area contributed by atoms with Gasteiger partial charge >= 0.3 is 5.97 Å². The third-order valence-electron chi connectivity index (χ3n) is 5.68. The van der Waals surface area contributed by atoms with E-state index >= 15 is 0 Å². The second-order valence-electron chi connectivity index (χ2n) is 8.69. The molecule has 0 bridgehead atoms. The fraction of sp³-hybridized carbons (Fsp3) is 0.455. The summed E-state index contributed by atoms with van der Waals surface area (Å²) in [7, 11) is 0. The summed E-state index contributed by atoms with van der Waals surface area (Å²) in [4.78, 5) is 27.1. The molecule has 0 saturated heterocycles. The van der Waals surface area contributed by atoms with Crippen LogP contribution in [0.2, 0.25) is 0 Å². The lowest BCUT2D eigenvalue weighted by atomic mass is 9.72. The maximum Gasteiger partial charge on any atom is 0.328 e. The highest BCUT2D eigenvalue weighted by molar-refractivity contribution is 7.18. The number of hydrogen-bond donors (Lipinski definition) is 0. The molecule has 1 aliphatic rings. The second-order valence-corrected chi connectivity index (χ2v) is 9.77. The minimum Gasteiger partial charge on any atom is -0.459 e. The molecule has 0 spiro atoms. The topological polar surface area (TPSA) is 74.1 Å². The Morgan fingerprint density at radius 1 is 1.28 bits per heavy atom. The molecule has 4 rings (SSSR count). The van der Waals surface area contributed by atoms with Crippen LogP contribution in [0.5, 0.6) is 0 Å². The molecule has 1 aliphatic carbocycles. The number of benzene rings is 1. The van der Waals surface area contributed by atoms with Crippen LogP contribution in [0, 0.1) is 11.3 Å². The van der Waals surface area contributed by atoms with Crippen molar-refractivity contribution in [3.8, 4) is 0 Å². The zero-order valence-electron chi connectivity index (χ0n) is 17.0. The summed E-state index contributed by atoms with van der Waals surface area (Å²) in [6.07, 6.45) is 2.90. The number of fused-ring (bicyclic) bond motifs is 3. The molecule has 1 aromatic carbocycles. The van der Waals surface area contributed by atoms with Crippen molar-refractivity contribution in [3.05, 3.63) is 56.7 Å². The minimum atomic E-state index is -0.499. The van der Waals surface area contributed by atoms with Crippen molar-refractivity contribution < 1.29 is 9.53 Å². The summed E-state index contributed by atoms with van der Waals surface area (Å²) in [6.45, 7) is 6.74. The van der Waals surface area contributed by atoms with E-state index < -0.39 is 5.97 Å². The van der Waals surface area contributed by atoms with Crippen molar-refractivity contribution in [2.75, 3.05) is 0 Å². The largest absolute Gasteiger partial charge is 0.459 e. The molecule has 1 unspecified atom stereocenters. The van der Waals surface area contributed by atoms with Gasteiger partial charge in [0.15, 0.2) is 4.83 Å². The lowest BCUT2D eigenvalue weighted by Gasteiger charge is -2.33. The van der Waals surface area contributed by atoms with Gasteiger partial charge in [-0.3, -0.25) is 9.59 Å². The van der Waals surface area contributed by atoms with Gasteiger partial charge in [-0.1, -0.05) is 56.3 Å². The Balaban J connectivity index is 1.54. The fourth-order valence-electron chi connectivity index (χ4n) is 3.88. The molecule has 2 aromatic heterocycles. The molecule has 1 atom stereocenters. The predicted octanol–water partition coefficient (Wildman–Crippen LogP) is 3.75. The summed E-state index contributed by atoms with van der Waals surface area (Å²) >= 11 is 1.57. The highest BCUT2D eigenvalue weighted by Gasteiger charge is 2.32. The Morgan fingerprint density at radius 3 is 2.76 bits per heavy atom. The van der Waals surface area contributed by atoms with Gasteiger partial charge in [0.25, 0.3) is 5.56 Å². The van der Waals surface area contributed by atoms with Crippen LogP contribution in [-0.4, -0.2) is 21.0 Å². The molecule has 0 saturated carbocycles. The molecule has 0 aliphatic heterocycles. The molecule has 6 nitrogen and oxygen atoms in total. The number of esters is 1. The van der Waals surface area contributed by atoms with Gasteiger partial charge in [0, 0.05) is 4.88 Å². The van der Waals surface area contributed by atoms with E-state index in [0.29, 0.717) is 16.1 Å². The first-order chi connectivity index (χ1) is 13.8. The van der Waals surface area contributed by atoms with E-state index in [1.807, 2.05) is 30.3 Å². The average Bonchev–Trinajstić information content (AvgIpc) is 3.07. The number of hydrogen-bond acceptors (Lipinski definition) is 6. The predicted molar refractivity (Wildman–Crippen MR) is 113 cm³/mol. The second kappa shape index (κ2) is 7.71. The zero-order chi connectivity index (χ0) is 20.6. The SMILES string of the molecule is CC(C)(C)C1CCc2c(sc3nnn(CC(=O)OCc4ccccc4)c(=O)c23)C1. The van der Waals surface area contributed by atoms with Crippen molar-refractivity contribution in [2.45, 2.75) is 53.2 Å². The first-order valence-electron chi connectivity index (χ1n) is 9.90. The summed E-state index contributed by atoms with van der Waals surface area (Å²) in [5, 5.41) is 8.83. The van der Waals surface area contributed by atoms with Gasteiger partial charge in [0.05, 0.1) is 5.39 Å². The number of carbonyl (C=O) groups excluding carboxylic acids is 1. The normalized spacial score (nSPS) is 16.6. The van der Waals surface area contributed by atoms with Crippen molar-refractivity contribution in [1.29, 1.82) is 0 Å². The smallest absolute Gasteiger partial charge is 0.328 e. The van der Waals surface area contributed by atoms with Crippen LogP contribution in [0.4, 0.5) is 0 Å². The number of aromatic nitrogens is 3. The van der Waals surface area contributed by atoms with E-state index in [1.165, 1.54) is 4.88 Å². The maximum atomic E-state index is 13.0. The van der Waals surface area contributed by atoms with Gasteiger partial charge in [0.1, 0.15) is 13.2 Å². The maximum absolute atomic E-state index is 13.0. The van der Waals surface area contributed by atoms with Crippen molar-refractivity contribution in [1.82, 2.24) is 15.0 Å². The van der Waals surface area contributed by atoms with Crippen LogP contribution < -0.4 is 5.56 Å². The van der Waals surface area contributed by atoms with E-state index in [4.69, 9.17) is 4.74 Å². The molecule has 152 valence electrons. The first kappa shape index (κ1) is 19.8. The van der Waals surface area contributed by atoms with Crippen LogP contribution >= 0.6 is 11.3 Å². The summed E-state index contributed by atoms with van der Waals surface area (Å²) < 4.78 is 6.40. The van der Waals surface area contributed by atoms with Crippen LogP contribution in [0.15, 0.2) is 35.1 Å². The van der Waals surface area contributed by atoms with Crippen molar-refractivity contribution in [3.63, 3.8) is 0 Å². The van der Waals surface area contributed by atoms with Crippen LogP contribution in [0.3, 0.4) is 0 Å². The number of aryl methyl sites for hydroxylation is 1. The van der Waals surface area contributed by atoms with E-state index in [9.17, 15) is 9.59 Å². The fourth-order valence-corrected chi connectivity index (χ4v) is 5.11. The quantitative estimate of drug-likeness (QED) is 0.612. The Bertz CT molecular complexity index is 1100. The van der Waals surface area contributed by atoms with Gasteiger partial charge in [0.2, 0.25) is 0 Å². The molecule has 0 fully saturated rings. The van der Waals surface area contributed by atoms with Gasteiger partial charge in [-0.2, -0.15) is 4.68 Å². The van der Waals surface area contributed by atoms with Gasteiger partial charge in [-0.15, -0.1) is 16.4 Å². The number of carbonyl (C=O) groups is 1. The molecule has 0 amide bonds. The third kappa shape index (κ3) is 4.10. The van der Waals surface area contributed by atoms with Crippen LogP contribution in [0.25, 0.3) is 10.2 Å². The molecule has 2 heterocycles. The van der Waals surface area contributed by atoms with Gasteiger partial charge in [-0.25, -0.2) is 0 Å². The lowest BCUT2D eigenvalue weighted by molar-refractivity contribution is -0.146. The highest BCUT2D eigenvalue weighted by atomic mass is 32.1. The Kier molecular flexibility index (Phi) is 5.25. The highest BCUT2D eigenvalue weighted by Crippen LogP contribution is 2.41. The molecule has 0 radical (unpaired) electrons. The minimum absolute atomic E-state index is 0.173. The Labute approximate surface area is 173 Å². The number of ether oxygens (including phenoxy) is 1. The average molecular weight is 412 g/mol. The molecular weight excluding hydrogens is 386 g/mol. The Hall–Kier alpha value is -2.54. The van der Waals surface area contributed by atoms with Gasteiger partial charge < -0.3 is 4.74 Å². The van der Waals surface area contributed by atoms with Crippen molar-refractivity contribution >= 4 is 27.5 Å². The number of nitrogens with zero attached hydrogens (tertiary/aromatic N) is 3. The van der Waals surface area contributed by atoms with E-state index in [-0.39, 0.29) is 24.1 Å². The Morgan fingerprint density at radius 2 is 2.03 bits per heavy atom. The third-order valence-corrected chi connectivity index (χ3v) is 6.82. The summed E-state index contributed by atoms with van der Waals surface area (Å²) in [6, 6.07) is 9.44. The van der Waals surface area contributed by atoms with Crippen LogP contribution in [-0.2, 0) is 35.5 Å². The molecule has 0 N–H and O–H groups in total. The standard InChI is InChI=1S/C22H25N3O3S/c1-22(2,3)15-9-10-16-17(11-15)29-20-19(16)21(27)25(24-23-20)12-18(26)28-13-14-7-5-4-6-8-14/h4-8,15H,9-13H2,1-3H3. The number of rotatable bonds is 4. The van der Waals surface area contributed by atoms with E-state index in [2.05, 4.69) is 31.1 Å². The van der Waals surface area contributed by atoms with Crippen molar-refractivity contribution in [2.24, 2.45) is 11.3 Å². The van der Waals surface area contributed by atoms with E-state index in [1.54, 1.807) is 11.3 Å². The zero-order valence-corrected chi connectivity index (χ0v) is 17.8.